The lowest BCUT2D eigenvalue weighted by Crippen LogP contribution is -2.38. The first-order valence-corrected chi connectivity index (χ1v) is 11.4. The zero-order valence-corrected chi connectivity index (χ0v) is 19.4. The summed E-state index contributed by atoms with van der Waals surface area (Å²) < 4.78 is 1.25. The Morgan fingerprint density at radius 2 is 1.91 bits per heavy atom. The van der Waals surface area contributed by atoms with Crippen LogP contribution in [0.15, 0.2) is 59.5 Å². The van der Waals surface area contributed by atoms with Crippen LogP contribution in [0.25, 0.3) is 11.4 Å². The molecule has 0 fully saturated rings. The van der Waals surface area contributed by atoms with Gasteiger partial charge in [-0.1, -0.05) is 24.3 Å². The van der Waals surface area contributed by atoms with Crippen molar-refractivity contribution in [1.29, 1.82) is 5.26 Å². The second-order valence-corrected chi connectivity index (χ2v) is 8.37. The minimum atomic E-state index is -0.539. The molecule has 9 heteroatoms. The van der Waals surface area contributed by atoms with Crippen LogP contribution in [0.2, 0.25) is 0 Å². The van der Waals surface area contributed by atoms with E-state index in [9.17, 15) is 14.4 Å². The number of nitriles is 1. The molecule has 1 unspecified atom stereocenters. The molecule has 1 aromatic heterocycles. The molecule has 1 aliphatic carbocycles. The SMILES string of the molecule is CNCC(=O)Nc1cnc(-c2ccc(C#N)cc2)n(CC(=O)NC2CCCc3ccccc32)c1=O. The summed E-state index contributed by atoms with van der Waals surface area (Å²) in [7, 11) is 1.62. The van der Waals surface area contributed by atoms with E-state index in [-0.39, 0.29) is 36.6 Å². The summed E-state index contributed by atoms with van der Waals surface area (Å²) in [5.74, 6) is -0.457. The summed E-state index contributed by atoms with van der Waals surface area (Å²) in [6.07, 6.45) is 4.05. The standard InChI is InChI=1S/C26H26N6O3/c1-28-15-23(33)31-22-14-29-25(19-11-9-17(13-27)10-12-19)32(26(22)35)16-24(34)30-21-8-4-6-18-5-2-3-7-20(18)21/h2-3,5,7,9-12,14,21,28H,4,6,8,15-16H2,1H3,(H,30,34)(H,31,33). The molecule has 1 aliphatic rings. The number of rotatable bonds is 7. The first-order valence-electron chi connectivity index (χ1n) is 11.4. The van der Waals surface area contributed by atoms with Crippen LogP contribution in [0.1, 0.15) is 35.6 Å². The largest absolute Gasteiger partial charge is 0.348 e. The number of nitrogens with zero attached hydrogens (tertiary/aromatic N) is 3. The molecule has 35 heavy (non-hydrogen) atoms. The van der Waals surface area contributed by atoms with Gasteiger partial charge >= 0.3 is 0 Å². The Kier molecular flexibility index (Phi) is 7.33. The van der Waals surface area contributed by atoms with Crippen molar-refractivity contribution in [3.8, 4) is 17.5 Å². The lowest BCUT2D eigenvalue weighted by Gasteiger charge is -2.26. The average molecular weight is 471 g/mol. The predicted molar refractivity (Wildman–Crippen MR) is 131 cm³/mol. The molecule has 2 aromatic carbocycles. The van der Waals surface area contributed by atoms with E-state index in [1.165, 1.54) is 16.3 Å². The Morgan fingerprint density at radius 3 is 2.66 bits per heavy atom. The maximum absolute atomic E-state index is 13.3. The molecule has 0 saturated carbocycles. The van der Waals surface area contributed by atoms with Gasteiger partial charge in [0, 0.05) is 5.56 Å². The molecular weight excluding hydrogens is 444 g/mol. The van der Waals surface area contributed by atoms with Crippen LogP contribution in [0.5, 0.6) is 0 Å². The number of anilines is 1. The maximum atomic E-state index is 13.3. The molecule has 0 radical (unpaired) electrons. The Labute approximate surface area is 202 Å². The van der Waals surface area contributed by atoms with E-state index in [2.05, 4.69) is 33.1 Å². The highest BCUT2D eigenvalue weighted by molar-refractivity contribution is 5.92. The van der Waals surface area contributed by atoms with Crippen LogP contribution >= 0.6 is 0 Å². The minimum absolute atomic E-state index is 0.0153. The Hall–Kier alpha value is -4.29. The van der Waals surface area contributed by atoms with E-state index in [1.54, 1.807) is 31.3 Å². The third-order valence-corrected chi connectivity index (χ3v) is 5.94. The molecule has 1 atom stereocenters. The van der Waals surface area contributed by atoms with Crippen LogP contribution in [0, 0.1) is 11.3 Å². The third-order valence-electron chi connectivity index (χ3n) is 5.94. The van der Waals surface area contributed by atoms with E-state index in [4.69, 9.17) is 5.26 Å². The van der Waals surface area contributed by atoms with Crippen molar-refractivity contribution in [1.82, 2.24) is 20.2 Å². The monoisotopic (exact) mass is 470 g/mol. The fourth-order valence-corrected chi connectivity index (χ4v) is 4.29. The number of fused-ring (bicyclic) bond motifs is 1. The van der Waals surface area contributed by atoms with Gasteiger partial charge in [0.25, 0.3) is 5.56 Å². The summed E-state index contributed by atoms with van der Waals surface area (Å²) >= 11 is 0. The van der Waals surface area contributed by atoms with Crippen LogP contribution in [-0.4, -0.2) is 35.0 Å². The highest BCUT2D eigenvalue weighted by atomic mass is 16.2. The zero-order chi connectivity index (χ0) is 24.8. The van der Waals surface area contributed by atoms with Crippen LogP contribution in [0.4, 0.5) is 5.69 Å². The van der Waals surface area contributed by atoms with E-state index < -0.39 is 11.5 Å². The van der Waals surface area contributed by atoms with Gasteiger partial charge < -0.3 is 16.0 Å². The van der Waals surface area contributed by atoms with E-state index >= 15 is 0 Å². The molecular formula is C26H26N6O3. The highest BCUT2D eigenvalue weighted by Crippen LogP contribution is 2.29. The number of hydrogen-bond donors (Lipinski definition) is 3. The van der Waals surface area contributed by atoms with Crippen molar-refractivity contribution in [3.63, 3.8) is 0 Å². The van der Waals surface area contributed by atoms with Crippen molar-refractivity contribution >= 4 is 17.5 Å². The average Bonchev–Trinajstić information content (AvgIpc) is 2.87. The second kappa shape index (κ2) is 10.8. The Morgan fingerprint density at radius 1 is 1.14 bits per heavy atom. The van der Waals surface area contributed by atoms with E-state index in [0.717, 1.165) is 24.8 Å². The van der Waals surface area contributed by atoms with Crippen LogP contribution < -0.4 is 21.5 Å². The number of aryl methyl sites for hydroxylation is 1. The molecule has 9 nitrogen and oxygen atoms in total. The summed E-state index contributed by atoms with van der Waals surface area (Å²) in [5.41, 5.74) is 2.80. The van der Waals surface area contributed by atoms with Crippen molar-refractivity contribution < 1.29 is 9.59 Å². The van der Waals surface area contributed by atoms with E-state index in [1.807, 2.05) is 18.2 Å². The predicted octanol–water partition coefficient (Wildman–Crippen LogP) is 2.13. The number of nitrogens with one attached hydrogen (secondary N) is 3. The van der Waals surface area contributed by atoms with Gasteiger partial charge in [-0.25, -0.2) is 4.98 Å². The van der Waals surface area contributed by atoms with Crippen LogP contribution in [0.3, 0.4) is 0 Å². The van der Waals surface area contributed by atoms with Gasteiger partial charge in [0.2, 0.25) is 11.8 Å². The molecule has 4 rings (SSSR count). The number of aromatic nitrogens is 2. The van der Waals surface area contributed by atoms with Gasteiger partial charge in [-0.2, -0.15) is 5.26 Å². The van der Waals surface area contributed by atoms with E-state index in [0.29, 0.717) is 11.1 Å². The fourth-order valence-electron chi connectivity index (χ4n) is 4.29. The molecule has 0 spiro atoms. The zero-order valence-electron chi connectivity index (χ0n) is 19.4. The quantitative estimate of drug-likeness (QED) is 0.485. The number of amides is 2. The lowest BCUT2D eigenvalue weighted by molar-refractivity contribution is -0.122. The number of benzene rings is 2. The van der Waals surface area contributed by atoms with Gasteiger partial charge in [-0.15, -0.1) is 0 Å². The van der Waals surface area contributed by atoms with Crippen LogP contribution in [-0.2, 0) is 22.6 Å². The smallest absolute Gasteiger partial charge is 0.278 e. The molecule has 3 N–H and O–H groups in total. The maximum Gasteiger partial charge on any atom is 0.278 e. The summed E-state index contributed by atoms with van der Waals surface area (Å²) in [4.78, 5) is 42.9. The number of carbonyl (C=O) groups is 2. The molecule has 0 saturated heterocycles. The van der Waals surface area contributed by atoms with Crippen molar-refractivity contribution in [2.75, 3.05) is 18.9 Å². The number of likely N-dealkylation sites (N-methyl/N-ethyl adjacent to an activating group) is 1. The molecule has 0 aliphatic heterocycles. The molecule has 2 amide bonds. The van der Waals surface area contributed by atoms with Gasteiger partial charge in [-0.05, 0) is 61.7 Å². The van der Waals surface area contributed by atoms with Gasteiger partial charge in [0.15, 0.2) is 0 Å². The molecule has 1 heterocycles. The highest BCUT2D eigenvalue weighted by Gasteiger charge is 2.23. The van der Waals surface area contributed by atoms with Gasteiger partial charge in [-0.3, -0.25) is 19.0 Å². The Bertz CT molecular complexity index is 1340. The normalized spacial score (nSPS) is 14.5. The topological polar surface area (TPSA) is 129 Å². The number of hydrogen-bond acceptors (Lipinski definition) is 6. The summed E-state index contributed by atoms with van der Waals surface area (Å²) in [6.45, 7) is -0.242. The minimum Gasteiger partial charge on any atom is -0.348 e. The first kappa shape index (κ1) is 23.9. The summed E-state index contributed by atoms with van der Waals surface area (Å²) in [5, 5.41) is 17.4. The second-order valence-electron chi connectivity index (χ2n) is 8.37. The van der Waals surface area contributed by atoms with Gasteiger partial charge in [0.1, 0.15) is 18.1 Å². The molecule has 0 bridgehead atoms. The molecule has 3 aromatic rings. The van der Waals surface area contributed by atoms with Crippen molar-refractivity contribution in [2.45, 2.75) is 31.8 Å². The first-order chi connectivity index (χ1) is 17.0. The number of carbonyl (C=O) groups excluding carboxylic acids is 2. The fraction of sp³-hybridized carbons (Fsp3) is 0.269. The Balaban J connectivity index is 1.65. The van der Waals surface area contributed by atoms with Crippen molar-refractivity contribution in [3.05, 3.63) is 81.8 Å². The van der Waals surface area contributed by atoms with Crippen molar-refractivity contribution in [2.24, 2.45) is 0 Å². The third kappa shape index (κ3) is 5.45. The summed E-state index contributed by atoms with van der Waals surface area (Å²) in [6, 6.07) is 16.5. The molecule has 178 valence electrons. The van der Waals surface area contributed by atoms with Gasteiger partial charge in [0.05, 0.1) is 30.4 Å². The lowest BCUT2D eigenvalue weighted by atomic mass is 9.88.